The van der Waals surface area contributed by atoms with Gasteiger partial charge in [0.1, 0.15) is 5.60 Å². The molecule has 1 saturated heterocycles. The molecule has 124 valence electrons. The third kappa shape index (κ3) is 5.80. The van der Waals surface area contributed by atoms with E-state index in [0.29, 0.717) is 13.1 Å². The monoisotopic (exact) mass is 321 g/mol. The van der Waals surface area contributed by atoms with Crippen LogP contribution in [0.1, 0.15) is 41.5 Å². The highest BCUT2D eigenvalue weighted by Crippen LogP contribution is 2.22. The number of ether oxygens (including phenoxy) is 1. The minimum absolute atomic E-state index is 0.220. The van der Waals surface area contributed by atoms with Gasteiger partial charge in [-0.15, -0.1) is 0 Å². The summed E-state index contributed by atoms with van der Waals surface area (Å²) in [6.45, 7) is 12.2. The van der Waals surface area contributed by atoms with Gasteiger partial charge in [-0.3, -0.25) is 0 Å². The molecule has 0 aromatic heterocycles. The maximum atomic E-state index is 11.9. The number of carbonyl (C=O) groups excluding carboxylic acids is 1. The van der Waals surface area contributed by atoms with Crippen molar-refractivity contribution in [2.45, 2.75) is 53.2 Å². The van der Waals surface area contributed by atoms with E-state index in [0.717, 1.165) is 0 Å². The second kappa shape index (κ2) is 6.10. The second-order valence-corrected chi connectivity index (χ2v) is 9.08. The molecular formula is C13H27N3O4S. The van der Waals surface area contributed by atoms with Crippen LogP contribution in [-0.2, 0) is 14.9 Å². The van der Waals surface area contributed by atoms with Gasteiger partial charge >= 0.3 is 6.09 Å². The lowest BCUT2D eigenvalue weighted by molar-refractivity contribution is 0.0454. The summed E-state index contributed by atoms with van der Waals surface area (Å²) in [6, 6.07) is -0.345. The topological polar surface area (TPSA) is 87.7 Å². The normalized spacial score (nSPS) is 21.0. The molecule has 1 heterocycles. The average Bonchev–Trinajstić information content (AvgIpc) is 2.53. The van der Waals surface area contributed by atoms with Crippen molar-refractivity contribution in [1.29, 1.82) is 0 Å². The Balaban J connectivity index is 2.76. The molecular weight excluding hydrogens is 294 g/mol. The van der Waals surface area contributed by atoms with E-state index < -0.39 is 21.9 Å². The first-order valence-corrected chi connectivity index (χ1v) is 8.49. The van der Waals surface area contributed by atoms with Gasteiger partial charge in [0.25, 0.3) is 10.2 Å². The van der Waals surface area contributed by atoms with Crippen molar-refractivity contribution in [2.75, 3.05) is 19.6 Å². The molecule has 1 fully saturated rings. The zero-order chi connectivity index (χ0) is 16.5. The molecule has 1 aliphatic heterocycles. The van der Waals surface area contributed by atoms with Crippen molar-refractivity contribution in [3.63, 3.8) is 0 Å². The summed E-state index contributed by atoms with van der Waals surface area (Å²) in [5, 5.41) is 2.78. The van der Waals surface area contributed by atoms with Gasteiger partial charge in [0.05, 0.1) is 6.04 Å². The highest BCUT2D eigenvalue weighted by Gasteiger charge is 2.35. The highest BCUT2D eigenvalue weighted by atomic mass is 32.2. The summed E-state index contributed by atoms with van der Waals surface area (Å²) in [5.74, 6) is 0. The standard InChI is InChI=1S/C13H27N3O4S/c1-12(2,3)10(15-11(17)20-13(4,5)6)9-16-8-7-14-21(16,18)19/h10,14H,7-9H2,1-6H3,(H,15,17)/t10-/m0/s1. The van der Waals surface area contributed by atoms with Crippen molar-refractivity contribution in [3.05, 3.63) is 0 Å². The third-order valence-electron chi connectivity index (χ3n) is 3.11. The number of nitrogens with one attached hydrogen (secondary N) is 2. The highest BCUT2D eigenvalue weighted by molar-refractivity contribution is 7.87. The predicted octanol–water partition coefficient (Wildman–Crippen LogP) is 1.08. The largest absolute Gasteiger partial charge is 0.444 e. The summed E-state index contributed by atoms with van der Waals surface area (Å²) in [4.78, 5) is 11.9. The molecule has 0 aliphatic carbocycles. The number of hydrogen-bond acceptors (Lipinski definition) is 4. The van der Waals surface area contributed by atoms with Crippen LogP contribution in [0.25, 0.3) is 0 Å². The molecule has 8 heteroatoms. The molecule has 0 spiro atoms. The van der Waals surface area contributed by atoms with Crippen LogP contribution in [0.4, 0.5) is 4.79 Å². The molecule has 1 rings (SSSR count). The predicted molar refractivity (Wildman–Crippen MR) is 81.1 cm³/mol. The molecule has 1 atom stereocenters. The number of hydrogen-bond donors (Lipinski definition) is 2. The summed E-state index contributed by atoms with van der Waals surface area (Å²) in [6.07, 6.45) is -0.535. The van der Waals surface area contributed by atoms with Crippen molar-refractivity contribution in [1.82, 2.24) is 14.3 Å². The molecule has 0 bridgehead atoms. The Morgan fingerprint density at radius 1 is 1.29 bits per heavy atom. The van der Waals surface area contributed by atoms with Crippen LogP contribution < -0.4 is 10.0 Å². The van der Waals surface area contributed by atoms with Gasteiger partial charge in [0.15, 0.2) is 0 Å². The van der Waals surface area contributed by atoms with Crippen LogP contribution in [0.5, 0.6) is 0 Å². The molecule has 0 aromatic carbocycles. The fourth-order valence-corrected chi connectivity index (χ4v) is 3.10. The fraction of sp³-hybridized carbons (Fsp3) is 0.923. The maximum absolute atomic E-state index is 11.9. The maximum Gasteiger partial charge on any atom is 0.407 e. The first-order valence-electron chi connectivity index (χ1n) is 7.05. The first-order chi connectivity index (χ1) is 9.31. The van der Waals surface area contributed by atoms with Gasteiger partial charge in [-0.1, -0.05) is 20.8 Å². The SMILES string of the molecule is CC(C)(C)OC(=O)N[C@@H](CN1CCNS1(=O)=O)C(C)(C)C. The van der Waals surface area contributed by atoms with Crippen LogP contribution in [0.3, 0.4) is 0 Å². The minimum atomic E-state index is -3.42. The van der Waals surface area contributed by atoms with Crippen LogP contribution >= 0.6 is 0 Å². The third-order valence-corrected chi connectivity index (χ3v) is 4.69. The van der Waals surface area contributed by atoms with Crippen LogP contribution in [0.15, 0.2) is 0 Å². The lowest BCUT2D eigenvalue weighted by atomic mass is 9.86. The molecule has 2 N–H and O–H groups in total. The van der Waals surface area contributed by atoms with Gasteiger partial charge in [-0.05, 0) is 26.2 Å². The van der Waals surface area contributed by atoms with Crippen LogP contribution in [0.2, 0.25) is 0 Å². The van der Waals surface area contributed by atoms with Crippen molar-refractivity contribution < 1.29 is 17.9 Å². The molecule has 1 aliphatic rings. The van der Waals surface area contributed by atoms with Gasteiger partial charge in [0.2, 0.25) is 0 Å². The molecule has 1 amide bonds. The van der Waals surface area contributed by atoms with E-state index in [1.165, 1.54) is 4.31 Å². The van der Waals surface area contributed by atoms with Gasteiger partial charge in [-0.2, -0.15) is 12.7 Å². The smallest absolute Gasteiger partial charge is 0.407 e. The zero-order valence-electron chi connectivity index (χ0n) is 13.7. The number of carbonyl (C=O) groups is 1. The Bertz CT molecular complexity index is 477. The first kappa shape index (κ1) is 18.2. The van der Waals surface area contributed by atoms with E-state index in [1.807, 2.05) is 20.8 Å². The molecule has 0 unspecified atom stereocenters. The Morgan fingerprint density at radius 3 is 2.24 bits per heavy atom. The molecule has 0 aromatic rings. The summed E-state index contributed by atoms with van der Waals surface area (Å²) < 4.78 is 32.7. The van der Waals surface area contributed by atoms with E-state index in [-0.39, 0.29) is 18.0 Å². The Labute approximate surface area is 127 Å². The van der Waals surface area contributed by atoms with E-state index in [2.05, 4.69) is 10.0 Å². The zero-order valence-corrected chi connectivity index (χ0v) is 14.5. The minimum Gasteiger partial charge on any atom is -0.444 e. The Kier molecular flexibility index (Phi) is 5.28. The number of nitrogens with zero attached hydrogens (tertiary/aromatic N) is 1. The quantitative estimate of drug-likeness (QED) is 0.814. The van der Waals surface area contributed by atoms with Gasteiger partial charge < -0.3 is 10.1 Å². The van der Waals surface area contributed by atoms with Crippen molar-refractivity contribution in [3.8, 4) is 0 Å². The van der Waals surface area contributed by atoms with Gasteiger partial charge in [0, 0.05) is 19.6 Å². The van der Waals surface area contributed by atoms with Crippen LogP contribution in [-0.4, -0.2) is 50.1 Å². The second-order valence-electron chi connectivity index (χ2n) is 7.32. The van der Waals surface area contributed by atoms with E-state index >= 15 is 0 Å². The average molecular weight is 321 g/mol. The summed E-state index contributed by atoms with van der Waals surface area (Å²) >= 11 is 0. The fourth-order valence-electron chi connectivity index (χ4n) is 1.89. The lowest BCUT2D eigenvalue weighted by Crippen LogP contribution is -2.52. The van der Waals surface area contributed by atoms with Crippen molar-refractivity contribution >= 4 is 16.3 Å². The Hall–Kier alpha value is -0.860. The van der Waals surface area contributed by atoms with E-state index in [4.69, 9.17) is 4.74 Å². The number of rotatable bonds is 3. The van der Waals surface area contributed by atoms with E-state index in [1.54, 1.807) is 20.8 Å². The number of amides is 1. The van der Waals surface area contributed by atoms with Crippen LogP contribution in [0, 0.1) is 5.41 Å². The molecule has 21 heavy (non-hydrogen) atoms. The Morgan fingerprint density at radius 2 is 1.86 bits per heavy atom. The molecule has 7 nitrogen and oxygen atoms in total. The summed E-state index contributed by atoms with van der Waals surface area (Å²) in [7, 11) is -3.42. The molecule has 0 saturated carbocycles. The van der Waals surface area contributed by atoms with Gasteiger partial charge in [-0.25, -0.2) is 9.52 Å². The number of alkyl carbamates (subject to hydrolysis) is 1. The molecule has 0 radical (unpaired) electrons. The van der Waals surface area contributed by atoms with Crippen molar-refractivity contribution in [2.24, 2.45) is 5.41 Å². The lowest BCUT2D eigenvalue weighted by Gasteiger charge is -2.34. The summed E-state index contributed by atoms with van der Waals surface area (Å²) in [5.41, 5.74) is -0.886. The van der Waals surface area contributed by atoms with E-state index in [9.17, 15) is 13.2 Å².